The second kappa shape index (κ2) is 3.50. The average molecular weight is 176 g/mol. The largest absolute Gasteiger partial charge is 0.377 e. The Kier molecular flexibility index (Phi) is 2.62. The Morgan fingerprint density at radius 1 is 1.91 bits per heavy atom. The summed E-state index contributed by atoms with van der Waals surface area (Å²) >= 11 is 5.11. The number of rotatable bonds is 3. The minimum atomic E-state index is -0.629. The Morgan fingerprint density at radius 2 is 2.64 bits per heavy atom. The van der Waals surface area contributed by atoms with Crippen LogP contribution in [0.4, 0.5) is 0 Å². The van der Waals surface area contributed by atoms with Crippen molar-refractivity contribution in [3.05, 3.63) is 17.5 Å². The lowest BCUT2D eigenvalue weighted by Crippen LogP contribution is -1.86. The van der Waals surface area contributed by atoms with Gasteiger partial charge in [-0.3, -0.25) is 4.79 Å². The maximum atomic E-state index is 10.5. The number of methoxy groups -OCH3 is 1. The number of hydrogen-bond donors (Lipinski definition) is 0. The molecule has 5 heteroatoms. The first-order valence-corrected chi connectivity index (χ1v) is 3.26. The number of halogens is 1. The van der Waals surface area contributed by atoms with Crippen LogP contribution in [0.2, 0.25) is 0 Å². The van der Waals surface area contributed by atoms with Gasteiger partial charge in [0.25, 0.3) is 5.24 Å². The molecule has 0 aromatic carbocycles. The van der Waals surface area contributed by atoms with Crippen LogP contribution in [0.15, 0.2) is 10.6 Å². The lowest BCUT2D eigenvalue weighted by atomic mass is 10.4. The van der Waals surface area contributed by atoms with Crippen LogP contribution in [0, 0.1) is 0 Å². The van der Waals surface area contributed by atoms with Gasteiger partial charge in [0.15, 0.2) is 11.5 Å². The molecule has 1 heterocycles. The number of carbonyl (C=O) groups excluding carboxylic acids is 1. The molecule has 0 atom stereocenters. The molecule has 0 spiro atoms. The van der Waals surface area contributed by atoms with E-state index in [0.717, 1.165) is 0 Å². The van der Waals surface area contributed by atoms with Gasteiger partial charge in [-0.1, -0.05) is 5.16 Å². The van der Waals surface area contributed by atoms with Crippen molar-refractivity contribution in [3.8, 4) is 0 Å². The average Bonchev–Trinajstić information content (AvgIpc) is 2.37. The third-order valence-corrected chi connectivity index (χ3v) is 1.24. The van der Waals surface area contributed by atoms with Crippen molar-refractivity contribution >= 4 is 16.8 Å². The van der Waals surface area contributed by atoms with E-state index in [4.69, 9.17) is 16.3 Å². The summed E-state index contributed by atoms with van der Waals surface area (Å²) in [5, 5.41) is 2.77. The smallest absolute Gasteiger partial charge is 0.274 e. The molecule has 0 N–H and O–H groups in total. The minimum Gasteiger partial charge on any atom is -0.377 e. The topological polar surface area (TPSA) is 52.3 Å². The van der Waals surface area contributed by atoms with E-state index in [1.807, 2.05) is 0 Å². The summed E-state index contributed by atoms with van der Waals surface area (Å²) in [6.07, 6.45) is 0. The van der Waals surface area contributed by atoms with E-state index < -0.39 is 5.24 Å². The van der Waals surface area contributed by atoms with Gasteiger partial charge in [-0.05, 0) is 11.6 Å². The quantitative estimate of drug-likeness (QED) is 0.648. The maximum absolute atomic E-state index is 10.5. The van der Waals surface area contributed by atoms with E-state index in [2.05, 4.69) is 9.68 Å². The van der Waals surface area contributed by atoms with E-state index in [-0.39, 0.29) is 12.3 Å². The highest BCUT2D eigenvalue weighted by Crippen LogP contribution is 2.06. The van der Waals surface area contributed by atoms with E-state index in [1.165, 1.54) is 13.2 Å². The van der Waals surface area contributed by atoms with E-state index >= 15 is 0 Å². The minimum absolute atomic E-state index is 0.110. The van der Waals surface area contributed by atoms with Crippen molar-refractivity contribution in [1.29, 1.82) is 0 Å². The van der Waals surface area contributed by atoms with Gasteiger partial charge in [-0.25, -0.2) is 0 Å². The van der Waals surface area contributed by atoms with Gasteiger partial charge >= 0.3 is 0 Å². The second-order valence-electron chi connectivity index (χ2n) is 1.89. The summed E-state index contributed by atoms with van der Waals surface area (Å²) < 4.78 is 9.42. The Hall–Kier alpha value is -0.870. The van der Waals surface area contributed by atoms with Crippen molar-refractivity contribution in [2.24, 2.45) is 0 Å². The highest BCUT2D eigenvalue weighted by molar-refractivity contribution is 6.67. The van der Waals surface area contributed by atoms with Gasteiger partial charge in [0.05, 0.1) is 0 Å². The highest BCUT2D eigenvalue weighted by atomic mass is 35.5. The molecule has 0 aliphatic rings. The molecule has 0 saturated heterocycles. The summed E-state index contributed by atoms with van der Waals surface area (Å²) in [6, 6.07) is 1.44. The van der Waals surface area contributed by atoms with Crippen molar-refractivity contribution < 1.29 is 14.1 Å². The molecule has 0 unspecified atom stereocenters. The molecule has 0 saturated carbocycles. The van der Waals surface area contributed by atoms with Crippen LogP contribution in [-0.2, 0) is 11.3 Å². The summed E-state index contributed by atoms with van der Waals surface area (Å²) in [7, 11) is 1.52. The first-order valence-electron chi connectivity index (χ1n) is 2.88. The molecule has 0 aliphatic heterocycles. The fraction of sp³-hybridized carbons (Fsp3) is 0.333. The van der Waals surface area contributed by atoms with E-state index in [0.29, 0.717) is 5.76 Å². The number of carbonyl (C=O) groups is 1. The van der Waals surface area contributed by atoms with Crippen LogP contribution in [0.1, 0.15) is 16.2 Å². The SMILES string of the molecule is COCc1cc(C(=O)Cl)no1. The first kappa shape index (κ1) is 8.23. The van der Waals surface area contributed by atoms with Gasteiger partial charge in [-0.2, -0.15) is 0 Å². The molecule has 0 bridgehead atoms. The third-order valence-electron chi connectivity index (χ3n) is 1.05. The molecular weight excluding hydrogens is 170 g/mol. The van der Waals surface area contributed by atoms with E-state index in [9.17, 15) is 4.79 Å². The summed E-state index contributed by atoms with van der Waals surface area (Å²) in [4.78, 5) is 10.5. The van der Waals surface area contributed by atoms with Gasteiger partial charge in [0.2, 0.25) is 0 Å². The van der Waals surface area contributed by atoms with Gasteiger partial charge in [-0.15, -0.1) is 0 Å². The van der Waals surface area contributed by atoms with Gasteiger partial charge in [0.1, 0.15) is 6.61 Å². The Balaban J connectivity index is 2.73. The number of ether oxygens (including phenoxy) is 1. The summed E-state index contributed by atoms with van der Waals surface area (Å²) in [5.41, 5.74) is 0.110. The molecule has 4 nitrogen and oxygen atoms in total. The lowest BCUT2D eigenvalue weighted by Gasteiger charge is -1.87. The standard InChI is InChI=1S/C6H6ClNO3/c1-10-3-4-2-5(6(7)9)8-11-4/h2H,3H2,1H3. The predicted molar refractivity (Wildman–Crippen MR) is 37.4 cm³/mol. The molecule has 11 heavy (non-hydrogen) atoms. The second-order valence-corrected chi connectivity index (χ2v) is 2.23. The molecule has 1 aromatic heterocycles. The Bertz CT molecular complexity index is 258. The fourth-order valence-corrected chi connectivity index (χ4v) is 0.705. The van der Waals surface area contributed by atoms with Crippen molar-refractivity contribution in [1.82, 2.24) is 5.16 Å². The zero-order valence-corrected chi connectivity index (χ0v) is 6.59. The van der Waals surface area contributed by atoms with Crippen molar-refractivity contribution in [2.45, 2.75) is 6.61 Å². The zero-order chi connectivity index (χ0) is 8.27. The van der Waals surface area contributed by atoms with Crippen LogP contribution in [0.25, 0.3) is 0 Å². The van der Waals surface area contributed by atoms with Gasteiger partial charge < -0.3 is 9.26 Å². The van der Waals surface area contributed by atoms with Crippen LogP contribution in [0.3, 0.4) is 0 Å². The van der Waals surface area contributed by atoms with Crippen molar-refractivity contribution in [2.75, 3.05) is 7.11 Å². The van der Waals surface area contributed by atoms with Gasteiger partial charge in [0, 0.05) is 13.2 Å². The number of aromatic nitrogens is 1. The molecule has 1 rings (SSSR count). The molecular formula is C6H6ClNO3. The summed E-state index contributed by atoms with van der Waals surface area (Å²) in [5.74, 6) is 0.483. The van der Waals surface area contributed by atoms with E-state index in [1.54, 1.807) is 0 Å². The predicted octanol–water partition coefficient (Wildman–Crippen LogP) is 1.20. The van der Waals surface area contributed by atoms with Crippen LogP contribution in [-0.4, -0.2) is 17.5 Å². The monoisotopic (exact) mass is 175 g/mol. The van der Waals surface area contributed by atoms with Crippen LogP contribution >= 0.6 is 11.6 Å². The molecule has 0 fully saturated rings. The first-order chi connectivity index (χ1) is 5.24. The van der Waals surface area contributed by atoms with Crippen LogP contribution < -0.4 is 0 Å². The molecule has 0 radical (unpaired) electrons. The third kappa shape index (κ3) is 2.03. The molecule has 0 aliphatic carbocycles. The zero-order valence-electron chi connectivity index (χ0n) is 5.83. The maximum Gasteiger partial charge on any atom is 0.274 e. The Labute approximate surface area is 68.1 Å². The highest BCUT2D eigenvalue weighted by Gasteiger charge is 2.08. The number of hydrogen-bond acceptors (Lipinski definition) is 4. The normalized spacial score (nSPS) is 10.0. The fourth-order valence-electron chi connectivity index (χ4n) is 0.616. The molecule has 60 valence electrons. The summed E-state index contributed by atoms with van der Waals surface area (Å²) in [6.45, 7) is 0.289. The number of nitrogens with zero attached hydrogens (tertiary/aromatic N) is 1. The van der Waals surface area contributed by atoms with Crippen LogP contribution in [0.5, 0.6) is 0 Å². The Morgan fingerprint density at radius 3 is 3.09 bits per heavy atom. The van der Waals surface area contributed by atoms with Crippen molar-refractivity contribution in [3.63, 3.8) is 0 Å². The molecule has 0 amide bonds. The lowest BCUT2D eigenvalue weighted by molar-refractivity contribution is 0.107. The molecule has 1 aromatic rings.